The molecule has 2 aliphatic rings. The van der Waals surface area contributed by atoms with E-state index in [2.05, 4.69) is 95.4 Å². The van der Waals surface area contributed by atoms with Gasteiger partial charge in [0, 0.05) is 26.3 Å². The predicted molar refractivity (Wildman–Crippen MR) is 154 cm³/mol. The smallest absolute Gasteiger partial charge is 0.262 e. The molecule has 5 aromatic carbocycles. The van der Waals surface area contributed by atoms with Gasteiger partial charge in [-0.25, -0.2) is 0 Å². The second-order valence-electron chi connectivity index (χ2n) is 10.0. The monoisotopic (exact) mass is 489 g/mol. The van der Waals surface area contributed by atoms with Gasteiger partial charge in [-0.3, -0.25) is 0 Å². The summed E-state index contributed by atoms with van der Waals surface area (Å²) in [6.45, 7) is 0.0658. The van der Waals surface area contributed by atoms with Crippen molar-refractivity contribution in [2.75, 3.05) is 0 Å². The second-order valence-corrected chi connectivity index (χ2v) is 11.1. The van der Waals surface area contributed by atoms with Gasteiger partial charge in [-0.2, -0.15) is 0 Å². The van der Waals surface area contributed by atoms with Crippen molar-refractivity contribution in [3.8, 4) is 22.3 Å². The molecule has 0 fully saturated rings. The molecule has 0 radical (unpaired) electrons. The number of hydrogen-bond acceptors (Lipinski definition) is 3. The molecule has 2 aliphatic heterocycles. The quantitative estimate of drug-likeness (QED) is 0.219. The van der Waals surface area contributed by atoms with E-state index in [0.29, 0.717) is 0 Å². The normalized spacial score (nSPS) is 13.8. The highest BCUT2D eigenvalue weighted by atomic mass is 32.1. The van der Waals surface area contributed by atoms with Gasteiger partial charge in [-0.05, 0) is 46.6 Å². The molecule has 37 heavy (non-hydrogen) atoms. The van der Waals surface area contributed by atoms with Crippen molar-refractivity contribution in [2.24, 2.45) is 0 Å². The number of para-hydroxylation sites is 2. The molecular weight excluding hydrogens is 473 g/mol. The van der Waals surface area contributed by atoms with E-state index in [0.717, 1.165) is 27.8 Å². The average Bonchev–Trinajstić information content (AvgIpc) is 3.59. The lowest BCUT2D eigenvalue weighted by Crippen LogP contribution is -2.57. The molecule has 8 aromatic rings. The van der Waals surface area contributed by atoms with Crippen LogP contribution >= 0.6 is 11.3 Å². The predicted octanol–water partition coefficient (Wildman–Crippen LogP) is 6.78. The Labute approximate surface area is 215 Å². The Kier molecular flexibility index (Phi) is 3.17. The SMILES string of the molecule is c1cc2c3c(c1)Oc1c(ccc4c1c1cccc5c6ccccc6n4c51)B3c1c(sc3ccccc13)O2. The van der Waals surface area contributed by atoms with E-state index in [9.17, 15) is 0 Å². The lowest BCUT2D eigenvalue weighted by molar-refractivity contribution is 0.474. The molecule has 10 rings (SSSR count). The first kappa shape index (κ1) is 18.7. The number of fused-ring (bicyclic) bond motifs is 13. The standard InChI is InChI=1S/C32H16BNO2S/c1-3-11-22-17(7-1)18-9-5-10-20-27-23(34(22)30(18)20)16-15-21-31(27)35-24-12-6-13-25-29(24)33(21)28-19-8-2-4-14-26(19)37-32(28)36-25/h1-16H. The lowest BCUT2D eigenvalue weighted by Gasteiger charge is -2.32. The third kappa shape index (κ3) is 2.10. The summed E-state index contributed by atoms with van der Waals surface area (Å²) in [7, 11) is 0. The van der Waals surface area contributed by atoms with Crippen molar-refractivity contribution >= 4 is 82.6 Å². The van der Waals surface area contributed by atoms with Crippen LogP contribution in [0.25, 0.3) is 48.2 Å². The van der Waals surface area contributed by atoms with Gasteiger partial charge in [0.1, 0.15) is 17.2 Å². The van der Waals surface area contributed by atoms with Crippen LogP contribution in [0.2, 0.25) is 0 Å². The van der Waals surface area contributed by atoms with E-state index in [-0.39, 0.29) is 6.71 Å². The topological polar surface area (TPSA) is 22.9 Å². The fourth-order valence-electron chi connectivity index (χ4n) is 6.89. The van der Waals surface area contributed by atoms with E-state index >= 15 is 0 Å². The van der Waals surface area contributed by atoms with Gasteiger partial charge in [-0.15, -0.1) is 0 Å². The molecule has 5 heterocycles. The number of aromatic nitrogens is 1. The van der Waals surface area contributed by atoms with Crippen LogP contribution in [0, 0.1) is 0 Å². The molecule has 0 aliphatic carbocycles. The molecule has 0 bridgehead atoms. The molecule has 5 heteroatoms. The summed E-state index contributed by atoms with van der Waals surface area (Å²) in [5.74, 6) is 2.75. The molecule has 170 valence electrons. The van der Waals surface area contributed by atoms with Gasteiger partial charge in [0.05, 0.1) is 21.9 Å². The molecule has 0 N–H and O–H groups in total. The van der Waals surface area contributed by atoms with Gasteiger partial charge in [0.25, 0.3) is 6.71 Å². The van der Waals surface area contributed by atoms with Crippen LogP contribution in [0.3, 0.4) is 0 Å². The first-order valence-corrected chi connectivity index (χ1v) is 13.4. The molecule has 0 atom stereocenters. The minimum Gasteiger partial charge on any atom is -0.458 e. The highest BCUT2D eigenvalue weighted by Gasteiger charge is 2.43. The molecular formula is C32H16BNO2S. The maximum absolute atomic E-state index is 6.82. The number of ether oxygens (including phenoxy) is 2. The molecule has 0 unspecified atom stereocenters. The van der Waals surface area contributed by atoms with Crippen LogP contribution in [0.1, 0.15) is 0 Å². The number of benzene rings is 5. The van der Waals surface area contributed by atoms with Crippen LogP contribution in [-0.4, -0.2) is 11.1 Å². The number of hydrogen-bond donors (Lipinski definition) is 0. The summed E-state index contributed by atoms with van der Waals surface area (Å²) in [5.41, 5.74) is 7.29. The zero-order chi connectivity index (χ0) is 23.8. The Morgan fingerprint density at radius 1 is 0.595 bits per heavy atom. The van der Waals surface area contributed by atoms with Gasteiger partial charge in [-0.1, -0.05) is 78.1 Å². The minimum absolute atomic E-state index is 0.0658. The van der Waals surface area contributed by atoms with E-state index in [1.165, 1.54) is 59.1 Å². The van der Waals surface area contributed by atoms with Crippen LogP contribution in [0.15, 0.2) is 97.1 Å². The summed E-state index contributed by atoms with van der Waals surface area (Å²) < 4.78 is 17.0. The fraction of sp³-hybridized carbons (Fsp3) is 0. The Morgan fingerprint density at radius 3 is 2.30 bits per heavy atom. The largest absolute Gasteiger partial charge is 0.458 e. The number of thiophene rings is 1. The first-order chi connectivity index (χ1) is 18.4. The van der Waals surface area contributed by atoms with Crippen molar-refractivity contribution in [1.82, 2.24) is 4.40 Å². The van der Waals surface area contributed by atoms with Gasteiger partial charge < -0.3 is 13.9 Å². The van der Waals surface area contributed by atoms with E-state index in [1.807, 2.05) is 6.07 Å². The van der Waals surface area contributed by atoms with Crippen molar-refractivity contribution in [1.29, 1.82) is 0 Å². The fourth-order valence-corrected chi connectivity index (χ4v) is 7.99. The van der Waals surface area contributed by atoms with Crippen LogP contribution in [0.4, 0.5) is 0 Å². The first-order valence-electron chi connectivity index (χ1n) is 12.6. The zero-order valence-electron chi connectivity index (χ0n) is 19.5. The Hall–Kier alpha value is -4.48. The zero-order valence-corrected chi connectivity index (χ0v) is 20.3. The molecule has 0 saturated carbocycles. The van der Waals surface area contributed by atoms with Crippen molar-refractivity contribution in [2.45, 2.75) is 0 Å². The van der Waals surface area contributed by atoms with E-state index in [1.54, 1.807) is 11.3 Å². The third-order valence-electron chi connectivity index (χ3n) is 8.30. The van der Waals surface area contributed by atoms with Crippen molar-refractivity contribution in [3.05, 3.63) is 97.1 Å². The number of rotatable bonds is 0. The summed E-state index contributed by atoms with van der Waals surface area (Å²) in [4.78, 5) is 0. The summed E-state index contributed by atoms with van der Waals surface area (Å²) in [6.07, 6.45) is 0. The highest BCUT2D eigenvalue weighted by Crippen LogP contribution is 2.45. The van der Waals surface area contributed by atoms with Gasteiger partial charge in [0.2, 0.25) is 0 Å². The Morgan fingerprint density at radius 2 is 1.35 bits per heavy atom. The molecule has 0 saturated heterocycles. The van der Waals surface area contributed by atoms with Crippen molar-refractivity contribution in [3.63, 3.8) is 0 Å². The summed E-state index contributed by atoms with van der Waals surface area (Å²) in [5, 5.41) is 7.26. The molecule has 0 amide bonds. The summed E-state index contributed by atoms with van der Waals surface area (Å²) in [6, 6.07) is 34.8. The molecule has 0 spiro atoms. The number of nitrogens with zero attached hydrogens (tertiary/aromatic N) is 1. The Bertz CT molecular complexity index is 2280. The van der Waals surface area contributed by atoms with Crippen LogP contribution < -0.4 is 25.9 Å². The van der Waals surface area contributed by atoms with Crippen LogP contribution in [0.5, 0.6) is 22.3 Å². The maximum Gasteiger partial charge on any atom is 0.262 e. The highest BCUT2D eigenvalue weighted by molar-refractivity contribution is 7.24. The van der Waals surface area contributed by atoms with Crippen molar-refractivity contribution < 1.29 is 9.47 Å². The van der Waals surface area contributed by atoms with Crippen LogP contribution in [-0.2, 0) is 0 Å². The summed E-state index contributed by atoms with van der Waals surface area (Å²) >= 11 is 1.73. The third-order valence-corrected chi connectivity index (χ3v) is 9.36. The van der Waals surface area contributed by atoms with Gasteiger partial charge >= 0.3 is 0 Å². The molecule has 3 nitrogen and oxygen atoms in total. The average molecular weight is 489 g/mol. The Balaban J connectivity index is 1.38. The lowest BCUT2D eigenvalue weighted by atomic mass is 9.35. The van der Waals surface area contributed by atoms with Gasteiger partial charge in [0.15, 0.2) is 5.06 Å². The maximum atomic E-state index is 6.82. The van der Waals surface area contributed by atoms with E-state index < -0.39 is 0 Å². The molecule has 3 aromatic heterocycles. The minimum atomic E-state index is 0.0658. The van der Waals surface area contributed by atoms with E-state index in [4.69, 9.17) is 9.47 Å². The second kappa shape index (κ2) is 6.26.